The van der Waals surface area contributed by atoms with Gasteiger partial charge in [-0.3, -0.25) is 4.79 Å². The summed E-state index contributed by atoms with van der Waals surface area (Å²) in [5.74, 6) is -0.824. The molecule has 2 atom stereocenters. The molecule has 6 nitrogen and oxygen atoms in total. The lowest BCUT2D eigenvalue weighted by molar-refractivity contribution is -0.121. The van der Waals surface area contributed by atoms with Crippen molar-refractivity contribution in [2.45, 2.75) is 25.0 Å². The molecule has 2 N–H and O–H groups in total. The van der Waals surface area contributed by atoms with E-state index in [0.717, 1.165) is 24.7 Å². The van der Waals surface area contributed by atoms with Crippen LogP contribution < -0.4 is 10.0 Å². The van der Waals surface area contributed by atoms with Crippen LogP contribution in [-0.4, -0.2) is 39.8 Å². The minimum absolute atomic E-state index is 0.201. The Morgan fingerprint density at radius 3 is 2.64 bits per heavy atom. The highest BCUT2D eigenvalue weighted by molar-refractivity contribution is 7.88. The van der Waals surface area contributed by atoms with Crippen molar-refractivity contribution in [3.63, 3.8) is 0 Å². The van der Waals surface area contributed by atoms with Crippen LogP contribution >= 0.6 is 0 Å². The second-order valence-corrected chi connectivity index (χ2v) is 7.07. The van der Waals surface area contributed by atoms with Gasteiger partial charge in [0.25, 0.3) is 0 Å². The van der Waals surface area contributed by atoms with Gasteiger partial charge < -0.3 is 10.1 Å². The first-order valence-electron chi connectivity index (χ1n) is 6.96. The quantitative estimate of drug-likeness (QED) is 0.805. The van der Waals surface area contributed by atoms with Gasteiger partial charge in [0.15, 0.2) is 0 Å². The molecule has 0 spiro atoms. The molecule has 1 amide bonds. The lowest BCUT2D eigenvalue weighted by Crippen LogP contribution is -2.41. The number of benzene rings is 1. The van der Waals surface area contributed by atoms with E-state index < -0.39 is 22.0 Å². The van der Waals surface area contributed by atoms with E-state index in [-0.39, 0.29) is 18.5 Å². The van der Waals surface area contributed by atoms with Crippen LogP contribution in [0.3, 0.4) is 0 Å². The van der Waals surface area contributed by atoms with Gasteiger partial charge in [-0.25, -0.2) is 17.5 Å². The molecule has 0 unspecified atom stereocenters. The van der Waals surface area contributed by atoms with Crippen LogP contribution in [0.1, 0.15) is 24.4 Å². The van der Waals surface area contributed by atoms with Gasteiger partial charge in [-0.05, 0) is 30.5 Å². The minimum Gasteiger partial charge on any atom is -0.376 e. The van der Waals surface area contributed by atoms with Crippen LogP contribution in [0.2, 0.25) is 0 Å². The van der Waals surface area contributed by atoms with Gasteiger partial charge in [0.1, 0.15) is 5.82 Å². The van der Waals surface area contributed by atoms with Crippen molar-refractivity contribution in [2.75, 3.05) is 19.4 Å². The second kappa shape index (κ2) is 7.17. The van der Waals surface area contributed by atoms with Crippen LogP contribution in [0.4, 0.5) is 4.39 Å². The number of amides is 1. The van der Waals surface area contributed by atoms with Crippen LogP contribution in [0.15, 0.2) is 24.3 Å². The van der Waals surface area contributed by atoms with Crippen LogP contribution in [0.25, 0.3) is 0 Å². The largest absolute Gasteiger partial charge is 0.376 e. The molecule has 2 rings (SSSR count). The fourth-order valence-electron chi connectivity index (χ4n) is 2.35. The van der Waals surface area contributed by atoms with E-state index in [9.17, 15) is 17.6 Å². The molecular formula is C14H19FN2O4S. The average Bonchev–Trinajstić information content (AvgIpc) is 2.97. The summed E-state index contributed by atoms with van der Waals surface area (Å²) in [7, 11) is -3.44. The van der Waals surface area contributed by atoms with Gasteiger partial charge in [0.05, 0.1) is 24.9 Å². The molecule has 0 bridgehead atoms. The Morgan fingerprint density at radius 2 is 2.09 bits per heavy atom. The van der Waals surface area contributed by atoms with Crippen molar-refractivity contribution in [3.05, 3.63) is 35.6 Å². The molecule has 0 aliphatic carbocycles. The topological polar surface area (TPSA) is 84.5 Å². The summed E-state index contributed by atoms with van der Waals surface area (Å²) in [4.78, 5) is 11.9. The Balaban J connectivity index is 2.07. The highest BCUT2D eigenvalue weighted by Crippen LogP contribution is 2.27. The van der Waals surface area contributed by atoms with E-state index in [4.69, 9.17) is 4.74 Å². The third-order valence-electron chi connectivity index (χ3n) is 3.38. The summed E-state index contributed by atoms with van der Waals surface area (Å²) in [5.41, 5.74) is 0.723. The fraction of sp³-hybridized carbons (Fsp3) is 0.500. The van der Waals surface area contributed by atoms with Crippen molar-refractivity contribution < 1.29 is 22.3 Å². The van der Waals surface area contributed by atoms with E-state index in [1.54, 1.807) is 12.1 Å². The van der Waals surface area contributed by atoms with Crippen molar-refractivity contribution in [3.8, 4) is 0 Å². The normalized spacial score (nSPS) is 19.8. The van der Waals surface area contributed by atoms with Gasteiger partial charge in [-0.1, -0.05) is 12.1 Å². The first kappa shape index (κ1) is 16.9. The Labute approximate surface area is 129 Å². The second-order valence-electron chi connectivity index (χ2n) is 5.24. The average molecular weight is 330 g/mol. The monoisotopic (exact) mass is 330 g/mol. The minimum atomic E-state index is -3.44. The zero-order valence-electron chi connectivity index (χ0n) is 12.2. The number of sulfonamides is 1. The van der Waals surface area contributed by atoms with Gasteiger partial charge in [0.2, 0.25) is 15.9 Å². The first-order valence-corrected chi connectivity index (χ1v) is 8.85. The summed E-state index contributed by atoms with van der Waals surface area (Å²) in [6, 6.07) is 5.38. The van der Waals surface area contributed by atoms with Crippen LogP contribution in [0.5, 0.6) is 0 Å². The van der Waals surface area contributed by atoms with E-state index in [0.29, 0.717) is 6.61 Å². The molecule has 1 aromatic rings. The van der Waals surface area contributed by atoms with Gasteiger partial charge in [0, 0.05) is 6.61 Å². The number of carbonyl (C=O) groups is 1. The molecule has 1 aliphatic rings. The summed E-state index contributed by atoms with van der Waals surface area (Å²) < 4.78 is 42.8. The third-order valence-corrected chi connectivity index (χ3v) is 4.05. The van der Waals surface area contributed by atoms with Crippen molar-refractivity contribution >= 4 is 15.9 Å². The third kappa shape index (κ3) is 5.04. The lowest BCUT2D eigenvalue weighted by Gasteiger charge is -2.24. The highest BCUT2D eigenvalue weighted by atomic mass is 32.2. The van der Waals surface area contributed by atoms with Crippen molar-refractivity contribution in [1.29, 1.82) is 0 Å². The number of nitrogens with one attached hydrogen (secondary N) is 2. The number of ether oxygens (including phenoxy) is 1. The van der Waals surface area contributed by atoms with E-state index in [1.807, 2.05) is 0 Å². The molecular weight excluding hydrogens is 311 g/mol. The summed E-state index contributed by atoms with van der Waals surface area (Å²) in [6.07, 6.45) is 2.45. The maximum Gasteiger partial charge on any atom is 0.235 e. The Morgan fingerprint density at radius 1 is 1.41 bits per heavy atom. The molecule has 8 heteroatoms. The van der Waals surface area contributed by atoms with Gasteiger partial charge in [-0.15, -0.1) is 0 Å². The molecule has 1 fully saturated rings. The maximum absolute atomic E-state index is 13.0. The SMILES string of the molecule is CS(=O)(=O)NCC(=O)N[C@@H](c1ccc(F)cc1)[C@@H]1CCCO1. The smallest absolute Gasteiger partial charge is 0.235 e. The Kier molecular flexibility index (Phi) is 5.49. The fourth-order valence-corrected chi connectivity index (χ4v) is 2.74. The maximum atomic E-state index is 13.0. The number of hydrogen-bond donors (Lipinski definition) is 2. The molecule has 1 saturated heterocycles. The Hall–Kier alpha value is -1.51. The number of hydrogen-bond acceptors (Lipinski definition) is 4. The van der Waals surface area contributed by atoms with Crippen LogP contribution in [-0.2, 0) is 19.6 Å². The molecule has 1 aromatic carbocycles. The summed E-state index contributed by atoms with van der Waals surface area (Å²) in [6.45, 7) is 0.267. The van der Waals surface area contributed by atoms with E-state index >= 15 is 0 Å². The van der Waals surface area contributed by atoms with Crippen molar-refractivity contribution in [2.24, 2.45) is 0 Å². The van der Waals surface area contributed by atoms with E-state index in [1.165, 1.54) is 12.1 Å². The summed E-state index contributed by atoms with van der Waals surface area (Å²) >= 11 is 0. The molecule has 0 radical (unpaired) electrons. The standard InChI is InChI=1S/C14H19FN2O4S/c1-22(19,20)16-9-13(18)17-14(12-3-2-8-21-12)10-4-6-11(15)7-5-10/h4-7,12,14,16H,2-3,8-9H2,1H3,(H,17,18)/t12-,14-/m0/s1. The van der Waals surface area contributed by atoms with E-state index in [2.05, 4.69) is 10.0 Å². The number of rotatable bonds is 6. The number of halogens is 1. The van der Waals surface area contributed by atoms with Gasteiger partial charge >= 0.3 is 0 Å². The highest BCUT2D eigenvalue weighted by Gasteiger charge is 2.28. The predicted molar refractivity (Wildman–Crippen MR) is 79.1 cm³/mol. The predicted octanol–water partition coefficient (Wildman–Crippen LogP) is 0.711. The van der Waals surface area contributed by atoms with Crippen LogP contribution in [0, 0.1) is 5.82 Å². The summed E-state index contributed by atoms with van der Waals surface area (Å²) in [5, 5.41) is 2.75. The molecule has 0 saturated carbocycles. The molecule has 1 heterocycles. The van der Waals surface area contributed by atoms with Crippen molar-refractivity contribution in [1.82, 2.24) is 10.0 Å². The Bertz CT molecular complexity index is 612. The zero-order valence-corrected chi connectivity index (χ0v) is 13.0. The number of carbonyl (C=O) groups excluding carboxylic acids is 1. The zero-order chi connectivity index (χ0) is 16.2. The first-order chi connectivity index (χ1) is 10.3. The lowest BCUT2D eigenvalue weighted by atomic mass is 9.99. The van der Waals surface area contributed by atoms with Gasteiger partial charge in [-0.2, -0.15) is 0 Å². The molecule has 22 heavy (non-hydrogen) atoms. The molecule has 1 aliphatic heterocycles. The molecule has 0 aromatic heterocycles. The molecule has 122 valence electrons.